The molecule has 0 saturated heterocycles. The highest BCUT2D eigenvalue weighted by Crippen LogP contribution is 2.48. The van der Waals surface area contributed by atoms with Crippen LogP contribution in [0.25, 0.3) is 0 Å². The summed E-state index contributed by atoms with van der Waals surface area (Å²) >= 11 is 10.8. The van der Waals surface area contributed by atoms with Gasteiger partial charge in [-0.3, -0.25) is 0 Å². The second-order valence-electron chi connectivity index (χ2n) is 3.36. The maximum Gasteiger partial charge on any atom is 0.432 e. The quantitative estimate of drug-likeness (QED) is 0.628. The van der Waals surface area contributed by atoms with Crippen LogP contribution in [-0.2, 0) is 5.67 Å². The third-order valence-corrected chi connectivity index (χ3v) is 2.84. The van der Waals surface area contributed by atoms with Gasteiger partial charge in [0.2, 0.25) is 0 Å². The Bertz CT molecular complexity index is 438. The van der Waals surface area contributed by atoms with E-state index in [0.29, 0.717) is 12.1 Å². The Morgan fingerprint density at radius 1 is 1.00 bits per heavy atom. The summed E-state index contributed by atoms with van der Waals surface area (Å²) in [6.45, 7) is 0. The first kappa shape index (κ1) is 15.2. The zero-order chi connectivity index (χ0) is 14.3. The van der Waals surface area contributed by atoms with Crippen molar-refractivity contribution in [3.05, 3.63) is 27.7 Å². The van der Waals surface area contributed by atoms with Crippen LogP contribution in [0.3, 0.4) is 0 Å². The van der Waals surface area contributed by atoms with Crippen LogP contribution in [0.4, 0.5) is 32.0 Å². The summed E-state index contributed by atoms with van der Waals surface area (Å²) in [5.41, 5.74) is -1.34. The summed E-state index contributed by atoms with van der Waals surface area (Å²) in [5.74, 6) is 0. The molecular weight excluding hydrogens is 307 g/mol. The average molecular weight is 312 g/mol. The van der Waals surface area contributed by atoms with Gasteiger partial charge < -0.3 is 5.73 Å². The van der Waals surface area contributed by atoms with Crippen molar-refractivity contribution in [2.45, 2.75) is 18.3 Å². The molecule has 1 aromatic rings. The van der Waals surface area contributed by atoms with Gasteiger partial charge >= 0.3 is 6.18 Å². The molecule has 0 aliphatic carbocycles. The van der Waals surface area contributed by atoms with E-state index in [9.17, 15) is 26.3 Å². The minimum Gasteiger partial charge on any atom is -0.396 e. The molecule has 0 radical (unpaired) electrons. The molecule has 18 heavy (non-hydrogen) atoms. The maximum atomic E-state index is 13.6. The van der Waals surface area contributed by atoms with Gasteiger partial charge in [0.05, 0.1) is 15.7 Å². The van der Waals surface area contributed by atoms with Gasteiger partial charge in [0.1, 0.15) is 0 Å². The van der Waals surface area contributed by atoms with Crippen molar-refractivity contribution in [3.8, 4) is 0 Å². The van der Waals surface area contributed by atoms with E-state index in [1.54, 1.807) is 0 Å². The number of halogens is 8. The topological polar surface area (TPSA) is 26.0 Å². The second-order valence-corrected chi connectivity index (χ2v) is 4.18. The second kappa shape index (κ2) is 4.70. The van der Waals surface area contributed by atoms with Gasteiger partial charge in [-0.2, -0.15) is 13.2 Å². The number of benzene rings is 1. The van der Waals surface area contributed by atoms with Gasteiger partial charge in [-0.25, -0.2) is 13.2 Å². The largest absolute Gasteiger partial charge is 0.432 e. The predicted octanol–water partition coefficient (Wildman–Crippen LogP) is 4.57. The average Bonchev–Trinajstić information content (AvgIpc) is 2.21. The minimum absolute atomic E-state index is 0.319. The third kappa shape index (κ3) is 2.33. The SMILES string of the molecule is Nc1c(Cl)cc(C(F)(C(F)F)C(F)(F)F)cc1Cl. The number of rotatable bonds is 2. The smallest absolute Gasteiger partial charge is 0.396 e. The molecule has 0 saturated carbocycles. The minimum atomic E-state index is -5.82. The van der Waals surface area contributed by atoms with Crippen molar-refractivity contribution in [2.24, 2.45) is 0 Å². The van der Waals surface area contributed by atoms with Crippen LogP contribution in [0.5, 0.6) is 0 Å². The highest BCUT2D eigenvalue weighted by Gasteiger charge is 2.64. The van der Waals surface area contributed by atoms with Gasteiger partial charge in [0.25, 0.3) is 12.1 Å². The summed E-state index contributed by atoms with van der Waals surface area (Å²) in [7, 11) is 0. The van der Waals surface area contributed by atoms with E-state index in [2.05, 4.69) is 0 Å². The highest BCUT2D eigenvalue weighted by atomic mass is 35.5. The lowest BCUT2D eigenvalue weighted by atomic mass is 9.95. The number of hydrogen-bond acceptors (Lipinski definition) is 1. The third-order valence-electron chi connectivity index (χ3n) is 2.21. The van der Waals surface area contributed by atoms with Crippen LogP contribution >= 0.6 is 23.2 Å². The van der Waals surface area contributed by atoms with Crippen LogP contribution < -0.4 is 5.73 Å². The summed E-state index contributed by atoms with van der Waals surface area (Å²) in [4.78, 5) is 0. The summed E-state index contributed by atoms with van der Waals surface area (Å²) in [6.07, 6.45) is -10.1. The number of anilines is 1. The molecular formula is C9H5Cl2F6N. The zero-order valence-electron chi connectivity index (χ0n) is 8.33. The van der Waals surface area contributed by atoms with Crippen molar-refractivity contribution >= 4 is 28.9 Å². The molecule has 1 atom stereocenters. The monoisotopic (exact) mass is 311 g/mol. The molecule has 0 aliphatic heterocycles. The van der Waals surface area contributed by atoms with Gasteiger partial charge in [0, 0.05) is 5.56 Å². The molecule has 1 rings (SSSR count). The number of nitrogen functional groups attached to an aromatic ring is 1. The van der Waals surface area contributed by atoms with Gasteiger partial charge in [0.15, 0.2) is 0 Å². The van der Waals surface area contributed by atoms with E-state index in [0.717, 1.165) is 0 Å². The van der Waals surface area contributed by atoms with E-state index in [1.807, 2.05) is 0 Å². The molecule has 1 nitrogen and oxygen atoms in total. The van der Waals surface area contributed by atoms with E-state index >= 15 is 0 Å². The molecule has 9 heteroatoms. The zero-order valence-corrected chi connectivity index (χ0v) is 9.84. The lowest BCUT2D eigenvalue weighted by molar-refractivity contribution is -0.274. The van der Waals surface area contributed by atoms with E-state index in [-0.39, 0.29) is 5.69 Å². The van der Waals surface area contributed by atoms with Crippen molar-refractivity contribution < 1.29 is 26.3 Å². The Morgan fingerprint density at radius 2 is 1.39 bits per heavy atom. The number of alkyl halides is 6. The van der Waals surface area contributed by atoms with Crippen molar-refractivity contribution in [2.75, 3.05) is 5.73 Å². The molecule has 1 aromatic carbocycles. The Kier molecular flexibility index (Phi) is 3.97. The molecule has 1 unspecified atom stereocenters. The van der Waals surface area contributed by atoms with Crippen molar-refractivity contribution in [1.29, 1.82) is 0 Å². The standard InChI is InChI=1S/C9H5Cl2F6N/c10-4-1-3(2-5(11)6(4)18)8(14,7(12)13)9(15,16)17/h1-2,7H,18H2. The first-order valence-corrected chi connectivity index (χ1v) is 5.06. The Hall–Kier alpha value is -0.820. The summed E-state index contributed by atoms with van der Waals surface area (Å²) in [6, 6.07) is 0.755. The molecule has 0 fully saturated rings. The predicted molar refractivity (Wildman–Crippen MR) is 55.7 cm³/mol. The molecule has 0 aliphatic rings. The van der Waals surface area contributed by atoms with Gasteiger partial charge in [-0.15, -0.1) is 0 Å². The molecule has 0 heterocycles. The fourth-order valence-corrected chi connectivity index (χ4v) is 1.69. The molecule has 2 N–H and O–H groups in total. The van der Waals surface area contributed by atoms with E-state index in [4.69, 9.17) is 28.9 Å². The van der Waals surface area contributed by atoms with Crippen LogP contribution in [0, 0.1) is 0 Å². The molecule has 0 bridgehead atoms. The molecule has 0 spiro atoms. The van der Waals surface area contributed by atoms with E-state index < -0.39 is 33.9 Å². The molecule has 0 amide bonds. The number of hydrogen-bond donors (Lipinski definition) is 1. The lowest BCUT2D eigenvalue weighted by Gasteiger charge is -2.27. The van der Waals surface area contributed by atoms with Gasteiger partial charge in [-0.05, 0) is 12.1 Å². The lowest BCUT2D eigenvalue weighted by Crippen LogP contribution is -2.44. The van der Waals surface area contributed by atoms with Crippen LogP contribution in [-0.4, -0.2) is 12.6 Å². The van der Waals surface area contributed by atoms with Crippen molar-refractivity contribution in [1.82, 2.24) is 0 Å². The fourth-order valence-electron chi connectivity index (χ4n) is 1.21. The maximum absolute atomic E-state index is 13.6. The normalized spacial score (nSPS) is 15.8. The molecule has 0 aromatic heterocycles. The Morgan fingerprint density at radius 3 is 1.67 bits per heavy atom. The Balaban J connectivity index is 3.51. The van der Waals surface area contributed by atoms with E-state index in [1.165, 1.54) is 0 Å². The van der Waals surface area contributed by atoms with Gasteiger partial charge in [-0.1, -0.05) is 23.2 Å². The van der Waals surface area contributed by atoms with Crippen LogP contribution in [0.2, 0.25) is 10.0 Å². The Labute approximate surface area is 107 Å². The summed E-state index contributed by atoms with van der Waals surface area (Å²) in [5, 5.41) is -1.08. The van der Waals surface area contributed by atoms with Crippen LogP contribution in [0.15, 0.2) is 12.1 Å². The first-order chi connectivity index (χ1) is 8.01. The van der Waals surface area contributed by atoms with Crippen LogP contribution in [0.1, 0.15) is 5.56 Å². The summed E-state index contributed by atoms with van der Waals surface area (Å²) < 4.78 is 75.7. The first-order valence-electron chi connectivity index (χ1n) is 4.30. The molecule has 102 valence electrons. The fraction of sp³-hybridized carbons (Fsp3) is 0.333. The highest BCUT2D eigenvalue weighted by molar-refractivity contribution is 6.38. The number of nitrogens with two attached hydrogens (primary N) is 1. The van der Waals surface area contributed by atoms with Crippen molar-refractivity contribution in [3.63, 3.8) is 0 Å².